The molecule has 1 aliphatic heterocycles. The van der Waals surface area contributed by atoms with E-state index < -0.39 is 0 Å². The Morgan fingerprint density at radius 1 is 0.308 bits per heavy atom. The second-order valence-electron chi connectivity index (χ2n) is 10.1. The van der Waals surface area contributed by atoms with Crippen LogP contribution in [0, 0.1) is 0 Å². The van der Waals surface area contributed by atoms with Crippen LogP contribution in [0.5, 0.6) is 11.5 Å². The lowest BCUT2D eigenvalue weighted by Gasteiger charge is -2.23. The van der Waals surface area contributed by atoms with Crippen molar-refractivity contribution in [2.24, 2.45) is 0 Å². The number of ether oxygens (including phenoxy) is 1. The predicted molar refractivity (Wildman–Crippen MR) is 163 cm³/mol. The van der Waals surface area contributed by atoms with Crippen LogP contribution in [0.25, 0.3) is 66.1 Å². The molecule has 0 unspecified atom stereocenters. The van der Waals surface area contributed by atoms with Crippen molar-refractivity contribution >= 4 is 21.5 Å². The molecule has 0 aromatic heterocycles. The zero-order valence-electron chi connectivity index (χ0n) is 21.3. The second kappa shape index (κ2) is 8.72. The monoisotopic (exact) mass is 496 g/mol. The van der Waals surface area contributed by atoms with Crippen molar-refractivity contribution < 1.29 is 4.74 Å². The van der Waals surface area contributed by atoms with E-state index in [-0.39, 0.29) is 0 Å². The molecule has 7 aromatic carbocycles. The summed E-state index contributed by atoms with van der Waals surface area (Å²) in [6.07, 6.45) is 0. The molecule has 1 aliphatic rings. The van der Waals surface area contributed by atoms with Crippen LogP contribution in [0.4, 0.5) is 0 Å². The molecule has 0 saturated heterocycles. The highest BCUT2D eigenvalue weighted by Crippen LogP contribution is 2.49. The van der Waals surface area contributed by atoms with E-state index in [1.54, 1.807) is 0 Å². The van der Waals surface area contributed by atoms with Crippen molar-refractivity contribution in [2.75, 3.05) is 0 Å². The molecule has 1 heteroatoms. The molecule has 0 radical (unpaired) electrons. The minimum atomic E-state index is 0.907. The summed E-state index contributed by atoms with van der Waals surface area (Å²) in [5.41, 5.74) is 9.74. The second-order valence-corrected chi connectivity index (χ2v) is 10.1. The highest BCUT2D eigenvalue weighted by atomic mass is 16.5. The van der Waals surface area contributed by atoms with Gasteiger partial charge in [0.25, 0.3) is 0 Å². The Bertz CT molecular complexity index is 2030. The molecule has 0 saturated carbocycles. The van der Waals surface area contributed by atoms with E-state index in [1.165, 1.54) is 60.5 Å². The molecule has 0 N–H and O–H groups in total. The summed E-state index contributed by atoms with van der Waals surface area (Å²) in [6, 6.07) is 52.1. The van der Waals surface area contributed by atoms with Crippen LogP contribution in [0.2, 0.25) is 0 Å². The zero-order valence-corrected chi connectivity index (χ0v) is 21.3. The smallest absolute Gasteiger partial charge is 0.135 e. The fraction of sp³-hybridized carbons (Fsp3) is 0. The van der Waals surface area contributed by atoms with Gasteiger partial charge in [0, 0.05) is 10.9 Å². The Labute approximate surface area is 227 Å². The standard InChI is InChI=1S/C38H24O/c1-2-11-25(12-3-1)30-19-8-13-26-14-9-20-33(37(26)30)31-17-5-4-16-29(31)28-23-27-15-10-22-36-38(27)34(24-28)32-18-6-7-21-35(32)39-36/h1-24H. The third kappa shape index (κ3) is 3.48. The van der Waals surface area contributed by atoms with Crippen molar-refractivity contribution in [1.29, 1.82) is 0 Å². The van der Waals surface area contributed by atoms with Crippen LogP contribution in [0.3, 0.4) is 0 Å². The van der Waals surface area contributed by atoms with Gasteiger partial charge in [0.15, 0.2) is 0 Å². The maximum absolute atomic E-state index is 6.29. The topological polar surface area (TPSA) is 9.23 Å². The van der Waals surface area contributed by atoms with Gasteiger partial charge in [-0.15, -0.1) is 0 Å². The average Bonchev–Trinajstić information content (AvgIpc) is 3.01. The van der Waals surface area contributed by atoms with Gasteiger partial charge < -0.3 is 4.74 Å². The molecule has 1 nitrogen and oxygen atoms in total. The zero-order chi connectivity index (χ0) is 25.8. The van der Waals surface area contributed by atoms with E-state index in [0.717, 1.165) is 17.1 Å². The van der Waals surface area contributed by atoms with Crippen molar-refractivity contribution in [3.8, 4) is 56.0 Å². The van der Waals surface area contributed by atoms with E-state index in [9.17, 15) is 0 Å². The summed E-state index contributed by atoms with van der Waals surface area (Å²) in [7, 11) is 0. The molecule has 0 amide bonds. The van der Waals surface area contributed by atoms with Crippen molar-refractivity contribution in [2.45, 2.75) is 0 Å². The van der Waals surface area contributed by atoms with Gasteiger partial charge in [0.2, 0.25) is 0 Å². The molecular formula is C38H24O. The van der Waals surface area contributed by atoms with Crippen LogP contribution < -0.4 is 4.74 Å². The number of hydrogen-bond donors (Lipinski definition) is 0. The first-order chi connectivity index (χ1) is 19.3. The van der Waals surface area contributed by atoms with Crippen molar-refractivity contribution in [3.05, 3.63) is 146 Å². The lowest BCUT2D eigenvalue weighted by atomic mass is 9.86. The molecule has 0 aliphatic carbocycles. The van der Waals surface area contributed by atoms with E-state index in [2.05, 4.69) is 140 Å². The Morgan fingerprint density at radius 2 is 0.923 bits per heavy atom. The van der Waals surface area contributed by atoms with E-state index in [1.807, 2.05) is 6.07 Å². The summed E-state index contributed by atoms with van der Waals surface area (Å²) in [5.74, 6) is 1.83. The van der Waals surface area contributed by atoms with Gasteiger partial charge in [-0.25, -0.2) is 0 Å². The quantitative estimate of drug-likeness (QED) is 0.236. The molecular weight excluding hydrogens is 472 g/mol. The Hall–Kier alpha value is -5.14. The van der Waals surface area contributed by atoms with Crippen LogP contribution in [-0.2, 0) is 0 Å². The third-order valence-corrected chi connectivity index (χ3v) is 7.85. The van der Waals surface area contributed by atoms with Gasteiger partial charge in [-0.1, -0.05) is 121 Å². The summed E-state index contributed by atoms with van der Waals surface area (Å²) in [4.78, 5) is 0. The number of para-hydroxylation sites is 1. The summed E-state index contributed by atoms with van der Waals surface area (Å²) < 4.78 is 6.29. The molecule has 8 rings (SSSR count). The highest BCUT2D eigenvalue weighted by Gasteiger charge is 2.21. The fourth-order valence-electron chi connectivity index (χ4n) is 6.14. The lowest BCUT2D eigenvalue weighted by molar-refractivity contribution is 0.487. The molecule has 0 spiro atoms. The van der Waals surface area contributed by atoms with Gasteiger partial charge >= 0.3 is 0 Å². The van der Waals surface area contributed by atoms with E-state index in [0.29, 0.717) is 0 Å². The predicted octanol–water partition coefficient (Wildman–Crippen LogP) is 10.8. The largest absolute Gasteiger partial charge is 0.456 e. The maximum atomic E-state index is 6.29. The van der Waals surface area contributed by atoms with E-state index in [4.69, 9.17) is 4.74 Å². The number of hydrogen-bond acceptors (Lipinski definition) is 1. The van der Waals surface area contributed by atoms with Gasteiger partial charge in [0.1, 0.15) is 11.5 Å². The first-order valence-electron chi connectivity index (χ1n) is 13.4. The van der Waals surface area contributed by atoms with Crippen LogP contribution in [-0.4, -0.2) is 0 Å². The van der Waals surface area contributed by atoms with Gasteiger partial charge in [-0.3, -0.25) is 0 Å². The van der Waals surface area contributed by atoms with Crippen LogP contribution >= 0.6 is 0 Å². The maximum Gasteiger partial charge on any atom is 0.135 e. The van der Waals surface area contributed by atoms with Gasteiger partial charge in [0.05, 0.1) is 0 Å². The normalized spacial score (nSPS) is 11.8. The molecule has 39 heavy (non-hydrogen) atoms. The van der Waals surface area contributed by atoms with Crippen molar-refractivity contribution in [3.63, 3.8) is 0 Å². The van der Waals surface area contributed by atoms with Crippen LogP contribution in [0.15, 0.2) is 146 Å². The Kier molecular flexibility index (Phi) is 4.89. The highest BCUT2D eigenvalue weighted by molar-refractivity contribution is 6.10. The summed E-state index contributed by atoms with van der Waals surface area (Å²) >= 11 is 0. The molecule has 0 atom stereocenters. The third-order valence-electron chi connectivity index (χ3n) is 7.85. The summed E-state index contributed by atoms with van der Waals surface area (Å²) in [5, 5.41) is 4.89. The number of fused-ring (bicyclic) bond motifs is 3. The van der Waals surface area contributed by atoms with Gasteiger partial charge in [-0.2, -0.15) is 0 Å². The molecule has 0 bridgehead atoms. The molecule has 7 aromatic rings. The van der Waals surface area contributed by atoms with Crippen molar-refractivity contribution in [1.82, 2.24) is 0 Å². The average molecular weight is 497 g/mol. The molecule has 182 valence electrons. The first kappa shape index (κ1) is 21.9. The van der Waals surface area contributed by atoms with Crippen LogP contribution in [0.1, 0.15) is 0 Å². The fourth-order valence-corrected chi connectivity index (χ4v) is 6.14. The molecule has 1 heterocycles. The molecule has 0 fully saturated rings. The van der Waals surface area contributed by atoms with Gasteiger partial charge in [-0.05, 0) is 79.4 Å². The minimum absolute atomic E-state index is 0.907. The SMILES string of the molecule is c1ccc(-c2cccc3cccc(-c4ccccc4-c4cc5c6c(cccc6c4)Oc4ccccc4-5)c23)cc1. The lowest BCUT2D eigenvalue weighted by Crippen LogP contribution is -1.97. The Morgan fingerprint density at radius 3 is 1.77 bits per heavy atom. The Balaban J connectivity index is 1.41. The number of rotatable bonds is 3. The first-order valence-corrected chi connectivity index (χ1v) is 13.4. The summed E-state index contributed by atoms with van der Waals surface area (Å²) in [6.45, 7) is 0. The minimum Gasteiger partial charge on any atom is -0.456 e. The number of benzene rings is 7. The van der Waals surface area contributed by atoms with E-state index >= 15 is 0 Å².